The lowest BCUT2D eigenvalue weighted by atomic mass is 10.1. The number of alkyl halides is 1. The monoisotopic (exact) mass is 351 g/mol. The van der Waals surface area contributed by atoms with Crippen molar-refractivity contribution in [2.45, 2.75) is 25.1 Å². The summed E-state index contributed by atoms with van der Waals surface area (Å²) in [5, 5.41) is 3.78. The highest BCUT2D eigenvalue weighted by molar-refractivity contribution is 9.09. The van der Waals surface area contributed by atoms with Crippen molar-refractivity contribution in [2.24, 2.45) is 5.92 Å². The van der Waals surface area contributed by atoms with Gasteiger partial charge in [0.25, 0.3) is 5.91 Å². The van der Waals surface area contributed by atoms with E-state index in [1.807, 2.05) is 0 Å². The SMILES string of the molecule is CC(C)CC(Br)CNC(=O)c1cc(Cl)cc(Cl)c1. The molecule has 18 heavy (non-hydrogen) atoms. The van der Waals surface area contributed by atoms with E-state index in [4.69, 9.17) is 23.2 Å². The number of halogens is 3. The van der Waals surface area contributed by atoms with Gasteiger partial charge in [-0.25, -0.2) is 0 Å². The number of nitrogens with one attached hydrogen (secondary N) is 1. The summed E-state index contributed by atoms with van der Waals surface area (Å²) < 4.78 is 0. The highest BCUT2D eigenvalue weighted by Crippen LogP contribution is 2.19. The van der Waals surface area contributed by atoms with Crippen molar-refractivity contribution < 1.29 is 4.79 Å². The smallest absolute Gasteiger partial charge is 0.251 e. The molecular formula is C13H16BrCl2NO. The molecule has 1 rings (SSSR count). The van der Waals surface area contributed by atoms with E-state index in [-0.39, 0.29) is 10.7 Å². The molecule has 0 spiro atoms. The number of rotatable bonds is 5. The molecule has 0 aliphatic carbocycles. The maximum absolute atomic E-state index is 11.9. The summed E-state index contributed by atoms with van der Waals surface area (Å²) in [6, 6.07) is 4.81. The Bertz CT molecular complexity index is 403. The van der Waals surface area contributed by atoms with E-state index in [2.05, 4.69) is 35.1 Å². The van der Waals surface area contributed by atoms with Gasteiger partial charge in [-0.15, -0.1) is 0 Å². The van der Waals surface area contributed by atoms with Crippen LogP contribution in [0.1, 0.15) is 30.6 Å². The molecule has 1 N–H and O–H groups in total. The summed E-state index contributed by atoms with van der Waals surface area (Å²) >= 11 is 15.2. The molecule has 0 saturated heterocycles. The topological polar surface area (TPSA) is 29.1 Å². The van der Waals surface area contributed by atoms with Gasteiger partial charge in [-0.2, -0.15) is 0 Å². The fourth-order valence-corrected chi connectivity index (χ4v) is 3.02. The zero-order chi connectivity index (χ0) is 13.7. The van der Waals surface area contributed by atoms with Crippen LogP contribution < -0.4 is 5.32 Å². The van der Waals surface area contributed by atoms with Gasteiger partial charge in [0, 0.05) is 27.0 Å². The van der Waals surface area contributed by atoms with E-state index in [9.17, 15) is 4.79 Å². The number of hydrogen-bond donors (Lipinski definition) is 1. The van der Waals surface area contributed by atoms with Crippen molar-refractivity contribution in [3.63, 3.8) is 0 Å². The van der Waals surface area contributed by atoms with Gasteiger partial charge in [0.1, 0.15) is 0 Å². The Labute approximate surface area is 126 Å². The first-order valence-corrected chi connectivity index (χ1v) is 7.44. The first-order valence-electron chi connectivity index (χ1n) is 5.77. The van der Waals surface area contributed by atoms with E-state index < -0.39 is 0 Å². The van der Waals surface area contributed by atoms with Crippen LogP contribution in [-0.2, 0) is 0 Å². The van der Waals surface area contributed by atoms with Crippen molar-refractivity contribution in [3.05, 3.63) is 33.8 Å². The van der Waals surface area contributed by atoms with Crippen LogP contribution in [-0.4, -0.2) is 17.3 Å². The number of carbonyl (C=O) groups is 1. The summed E-state index contributed by atoms with van der Waals surface area (Å²) in [5.74, 6) is 0.430. The molecule has 1 atom stereocenters. The quantitative estimate of drug-likeness (QED) is 0.775. The molecule has 0 aromatic heterocycles. The second-order valence-electron chi connectivity index (χ2n) is 4.59. The minimum atomic E-state index is -0.160. The van der Waals surface area contributed by atoms with Gasteiger partial charge in [-0.1, -0.05) is 53.0 Å². The Morgan fingerprint density at radius 3 is 2.33 bits per heavy atom. The number of benzene rings is 1. The average Bonchev–Trinajstić information content (AvgIpc) is 2.23. The molecule has 0 aliphatic rings. The molecule has 1 amide bonds. The lowest BCUT2D eigenvalue weighted by Gasteiger charge is -2.13. The molecule has 0 saturated carbocycles. The third kappa shape index (κ3) is 5.59. The normalized spacial score (nSPS) is 12.6. The van der Waals surface area contributed by atoms with E-state index in [0.29, 0.717) is 28.1 Å². The van der Waals surface area contributed by atoms with Crippen LogP contribution in [0.5, 0.6) is 0 Å². The fourth-order valence-electron chi connectivity index (χ4n) is 1.59. The summed E-state index contributed by atoms with van der Waals surface area (Å²) in [6.45, 7) is 4.88. The van der Waals surface area contributed by atoms with E-state index >= 15 is 0 Å². The Morgan fingerprint density at radius 1 is 1.28 bits per heavy atom. The molecule has 1 aromatic rings. The van der Waals surface area contributed by atoms with Crippen LogP contribution in [0.4, 0.5) is 0 Å². The van der Waals surface area contributed by atoms with Crippen LogP contribution in [0.25, 0.3) is 0 Å². The molecule has 0 aliphatic heterocycles. The third-order valence-electron chi connectivity index (χ3n) is 2.34. The Morgan fingerprint density at radius 2 is 1.83 bits per heavy atom. The average molecular weight is 353 g/mol. The van der Waals surface area contributed by atoms with Gasteiger partial charge >= 0.3 is 0 Å². The van der Waals surface area contributed by atoms with E-state index in [0.717, 1.165) is 6.42 Å². The van der Waals surface area contributed by atoms with Crippen molar-refractivity contribution in [3.8, 4) is 0 Å². The highest BCUT2D eigenvalue weighted by atomic mass is 79.9. The van der Waals surface area contributed by atoms with Crippen molar-refractivity contribution in [2.75, 3.05) is 6.54 Å². The second kappa shape index (κ2) is 7.37. The summed E-state index contributed by atoms with van der Waals surface area (Å²) in [5.41, 5.74) is 0.483. The summed E-state index contributed by atoms with van der Waals surface area (Å²) in [6.07, 6.45) is 1.01. The molecular weight excluding hydrogens is 337 g/mol. The summed E-state index contributed by atoms with van der Waals surface area (Å²) in [4.78, 5) is 12.2. The van der Waals surface area contributed by atoms with Crippen LogP contribution in [0.3, 0.4) is 0 Å². The maximum atomic E-state index is 11.9. The van der Waals surface area contributed by atoms with Crippen LogP contribution >= 0.6 is 39.1 Å². The molecule has 0 fully saturated rings. The lowest BCUT2D eigenvalue weighted by molar-refractivity contribution is 0.0953. The molecule has 100 valence electrons. The van der Waals surface area contributed by atoms with Gasteiger partial charge in [-0.05, 0) is 30.5 Å². The number of carbonyl (C=O) groups excluding carboxylic acids is 1. The van der Waals surface area contributed by atoms with E-state index in [1.54, 1.807) is 18.2 Å². The molecule has 2 nitrogen and oxygen atoms in total. The molecule has 5 heteroatoms. The zero-order valence-electron chi connectivity index (χ0n) is 10.3. The van der Waals surface area contributed by atoms with Crippen LogP contribution in [0, 0.1) is 5.92 Å². The summed E-state index contributed by atoms with van der Waals surface area (Å²) in [7, 11) is 0. The van der Waals surface area contributed by atoms with Gasteiger partial charge in [0.15, 0.2) is 0 Å². The molecule has 0 bridgehead atoms. The zero-order valence-corrected chi connectivity index (χ0v) is 13.4. The van der Waals surface area contributed by atoms with Crippen molar-refractivity contribution >= 4 is 45.0 Å². The Balaban J connectivity index is 2.55. The Kier molecular flexibility index (Phi) is 6.47. The van der Waals surface area contributed by atoms with Crippen molar-refractivity contribution in [1.29, 1.82) is 0 Å². The standard InChI is InChI=1S/C13H16BrCl2NO/c1-8(2)3-10(14)7-17-13(18)9-4-11(15)6-12(16)5-9/h4-6,8,10H,3,7H2,1-2H3,(H,17,18). The van der Waals surface area contributed by atoms with Gasteiger partial charge in [-0.3, -0.25) is 4.79 Å². The predicted molar refractivity (Wildman–Crippen MR) is 81.0 cm³/mol. The second-order valence-corrected chi connectivity index (χ2v) is 6.76. The Hall–Kier alpha value is -0.250. The first-order chi connectivity index (χ1) is 8.38. The largest absolute Gasteiger partial charge is 0.351 e. The minimum absolute atomic E-state index is 0.160. The van der Waals surface area contributed by atoms with Gasteiger partial charge < -0.3 is 5.32 Å². The van der Waals surface area contributed by atoms with Crippen LogP contribution in [0.2, 0.25) is 10.0 Å². The molecule has 1 unspecified atom stereocenters. The number of amides is 1. The molecule has 1 aromatic carbocycles. The first kappa shape index (κ1) is 15.8. The fraction of sp³-hybridized carbons (Fsp3) is 0.462. The highest BCUT2D eigenvalue weighted by Gasteiger charge is 2.11. The number of hydrogen-bond acceptors (Lipinski definition) is 1. The minimum Gasteiger partial charge on any atom is -0.351 e. The molecule has 0 heterocycles. The maximum Gasteiger partial charge on any atom is 0.251 e. The molecule has 0 radical (unpaired) electrons. The predicted octanol–water partition coefficient (Wildman–Crippen LogP) is 4.53. The lowest BCUT2D eigenvalue weighted by Crippen LogP contribution is -2.30. The van der Waals surface area contributed by atoms with Crippen molar-refractivity contribution in [1.82, 2.24) is 5.32 Å². The van der Waals surface area contributed by atoms with Crippen LogP contribution in [0.15, 0.2) is 18.2 Å². The van der Waals surface area contributed by atoms with Gasteiger partial charge in [0.05, 0.1) is 0 Å². The van der Waals surface area contributed by atoms with Gasteiger partial charge in [0.2, 0.25) is 0 Å². The van der Waals surface area contributed by atoms with E-state index in [1.165, 1.54) is 0 Å². The third-order valence-corrected chi connectivity index (χ3v) is 3.47.